The Morgan fingerprint density at radius 1 is 1.06 bits per heavy atom. The van der Waals surface area contributed by atoms with E-state index < -0.39 is 16.1 Å². The molecule has 7 nitrogen and oxygen atoms in total. The van der Waals surface area contributed by atoms with Crippen LogP contribution in [0.25, 0.3) is 10.2 Å². The monoisotopic (exact) mass is 568 g/mol. The predicted molar refractivity (Wildman–Crippen MR) is 134 cm³/mol. The van der Waals surface area contributed by atoms with E-state index in [0.717, 1.165) is 19.8 Å². The first-order chi connectivity index (χ1) is 15.8. The summed E-state index contributed by atoms with van der Waals surface area (Å²) < 4.78 is 29.9. The van der Waals surface area contributed by atoms with Crippen LogP contribution in [0.5, 0.6) is 0 Å². The van der Waals surface area contributed by atoms with E-state index in [1.807, 2.05) is 12.1 Å². The van der Waals surface area contributed by atoms with Crippen molar-refractivity contribution in [2.24, 2.45) is 0 Å². The van der Waals surface area contributed by atoms with E-state index in [0.29, 0.717) is 50.6 Å². The number of halogens is 2. The SMILES string of the molecule is O=C(C1CCCN1S(=O)(=O)c1ccc(Cl)cc1)N1CCN(c2nc3ccc(Br)cc3s2)CC1. The standard InChI is InChI=1S/C22H22BrClN4O3S2/c23-15-3-8-18-20(14-15)32-22(25-18)27-12-10-26(11-13-27)21(29)19-2-1-9-28(19)33(30,31)17-6-4-16(24)5-7-17/h3-8,14,19H,1-2,9-13H2. The molecule has 3 aromatic rings. The first-order valence-corrected chi connectivity index (χ1v) is 14.1. The molecule has 11 heteroatoms. The van der Waals surface area contributed by atoms with Crippen molar-refractivity contribution in [2.45, 2.75) is 23.8 Å². The number of nitrogens with zero attached hydrogens (tertiary/aromatic N) is 4. The minimum Gasteiger partial charge on any atom is -0.345 e. The summed E-state index contributed by atoms with van der Waals surface area (Å²) in [5.74, 6) is -0.113. The molecular formula is C22H22BrClN4O3S2. The number of benzene rings is 2. The molecule has 2 aliphatic heterocycles. The minimum atomic E-state index is -3.76. The number of amides is 1. The lowest BCUT2D eigenvalue weighted by atomic mass is 10.2. The van der Waals surface area contributed by atoms with E-state index >= 15 is 0 Å². The van der Waals surface area contributed by atoms with Crippen molar-refractivity contribution in [1.29, 1.82) is 0 Å². The smallest absolute Gasteiger partial charge is 0.243 e. The number of rotatable bonds is 4. The molecule has 5 rings (SSSR count). The maximum atomic E-state index is 13.3. The van der Waals surface area contributed by atoms with Gasteiger partial charge >= 0.3 is 0 Å². The summed E-state index contributed by atoms with van der Waals surface area (Å²) in [6, 6.07) is 11.5. The Labute approximate surface area is 210 Å². The lowest BCUT2D eigenvalue weighted by Crippen LogP contribution is -2.54. The second kappa shape index (κ2) is 9.14. The molecule has 2 fully saturated rings. The maximum absolute atomic E-state index is 13.3. The van der Waals surface area contributed by atoms with Gasteiger partial charge in [0.25, 0.3) is 0 Å². The topological polar surface area (TPSA) is 73.8 Å². The van der Waals surface area contributed by atoms with Crippen molar-refractivity contribution < 1.29 is 13.2 Å². The van der Waals surface area contributed by atoms with Crippen LogP contribution in [0.1, 0.15) is 12.8 Å². The molecule has 2 aliphatic rings. The van der Waals surface area contributed by atoms with Gasteiger partial charge < -0.3 is 9.80 Å². The highest BCUT2D eigenvalue weighted by Gasteiger charge is 2.41. The van der Waals surface area contributed by atoms with Crippen molar-refractivity contribution in [3.05, 3.63) is 52.0 Å². The molecule has 33 heavy (non-hydrogen) atoms. The van der Waals surface area contributed by atoms with Gasteiger partial charge in [0.1, 0.15) is 6.04 Å². The van der Waals surface area contributed by atoms with Crippen LogP contribution in [0.15, 0.2) is 51.8 Å². The highest BCUT2D eigenvalue weighted by atomic mass is 79.9. The molecular weight excluding hydrogens is 548 g/mol. The Bertz CT molecular complexity index is 1290. The molecule has 0 radical (unpaired) electrons. The molecule has 2 saturated heterocycles. The highest BCUT2D eigenvalue weighted by molar-refractivity contribution is 9.10. The van der Waals surface area contributed by atoms with Crippen molar-refractivity contribution in [3.8, 4) is 0 Å². The number of piperazine rings is 1. The number of hydrogen-bond donors (Lipinski definition) is 0. The Balaban J connectivity index is 1.27. The molecule has 2 aromatic carbocycles. The average molecular weight is 570 g/mol. The van der Waals surface area contributed by atoms with E-state index in [1.54, 1.807) is 28.4 Å². The number of anilines is 1. The van der Waals surface area contributed by atoms with Crippen LogP contribution >= 0.6 is 38.9 Å². The van der Waals surface area contributed by atoms with Gasteiger partial charge in [-0.25, -0.2) is 13.4 Å². The Kier molecular flexibility index (Phi) is 6.39. The third kappa shape index (κ3) is 4.51. The molecule has 3 heterocycles. The quantitative estimate of drug-likeness (QED) is 0.471. The van der Waals surface area contributed by atoms with Gasteiger partial charge in [0.15, 0.2) is 5.13 Å². The van der Waals surface area contributed by atoms with Crippen molar-refractivity contribution in [3.63, 3.8) is 0 Å². The maximum Gasteiger partial charge on any atom is 0.243 e. The second-order valence-corrected chi connectivity index (χ2v) is 12.4. The van der Waals surface area contributed by atoms with Crippen LogP contribution in [0, 0.1) is 0 Å². The summed E-state index contributed by atoms with van der Waals surface area (Å²) in [5.41, 5.74) is 0.964. The van der Waals surface area contributed by atoms with Crippen LogP contribution in [-0.2, 0) is 14.8 Å². The molecule has 0 bridgehead atoms. The number of thiazole rings is 1. The molecule has 1 amide bonds. The van der Waals surface area contributed by atoms with Crippen molar-refractivity contribution in [2.75, 3.05) is 37.6 Å². The lowest BCUT2D eigenvalue weighted by molar-refractivity contribution is -0.134. The van der Waals surface area contributed by atoms with E-state index in [1.165, 1.54) is 16.4 Å². The van der Waals surface area contributed by atoms with Gasteiger partial charge in [-0.15, -0.1) is 0 Å². The zero-order chi connectivity index (χ0) is 23.2. The number of carbonyl (C=O) groups is 1. The van der Waals surface area contributed by atoms with E-state index in [9.17, 15) is 13.2 Å². The van der Waals surface area contributed by atoms with Crippen LogP contribution in [0.4, 0.5) is 5.13 Å². The fourth-order valence-electron chi connectivity index (χ4n) is 4.37. The number of aromatic nitrogens is 1. The van der Waals surface area contributed by atoms with Gasteiger partial charge in [-0.1, -0.05) is 38.9 Å². The third-order valence-electron chi connectivity index (χ3n) is 6.11. The van der Waals surface area contributed by atoms with Crippen molar-refractivity contribution in [1.82, 2.24) is 14.2 Å². The van der Waals surface area contributed by atoms with Crippen LogP contribution in [0.2, 0.25) is 5.02 Å². The highest BCUT2D eigenvalue weighted by Crippen LogP contribution is 2.32. The van der Waals surface area contributed by atoms with Gasteiger partial charge in [-0.3, -0.25) is 4.79 Å². The van der Waals surface area contributed by atoms with Gasteiger partial charge in [0, 0.05) is 42.2 Å². The molecule has 0 saturated carbocycles. The molecule has 0 aliphatic carbocycles. The number of sulfonamides is 1. The fourth-order valence-corrected chi connectivity index (χ4v) is 7.71. The average Bonchev–Trinajstić information content (AvgIpc) is 3.46. The van der Waals surface area contributed by atoms with Gasteiger partial charge in [0.05, 0.1) is 15.1 Å². The first-order valence-electron chi connectivity index (χ1n) is 10.7. The number of fused-ring (bicyclic) bond motifs is 1. The van der Waals surface area contributed by atoms with E-state index in [4.69, 9.17) is 16.6 Å². The number of hydrogen-bond acceptors (Lipinski definition) is 6. The van der Waals surface area contributed by atoms with Crippen LogP contribution in [-0.4, -0.2) is 67.3 Å². The molecule has 1 unspecified atom stereocenters. The van der Waals surface area contributed by atoms with Crippen molar-refractivity contribution >= 4 is 70.1 Å². The van der Waals surface area contributed by atoms with E-state index in [-0.39, 0.29) is 10.8 Å². The lowest BCUT2D eigenvalue weighted by Gasteiger charge is -2.37. The fraction of sp³-hybridized carbons (Fsp3) is 0.364. The van der Waals surface area contributed by atoms with Crippen LogP contribution in [0.3, 0.4) is 0 Å². The zero-order valence-corrected chi connectivity index (χ0v) is 21.6. The summed E-state index contributed by atoms with van der Waals surface area (Å²) in [6.45, 7) is 2.78. The normalized spacial score (nSPS) is 20.0. The van der Waals surface area contributed by atoms with Gasteiger partial charge in [0.2, 0.25) is 15.9 Å². The zero-order valence-electron chi connectivity index (χ0n) is 17.7. The summed E-state index contributed by atoms with van der Waals surface area (Å²) >= 11 is 11.0. The summed E-state index contributed by atoms with van der Waals surface area (Å²) in [7, 11) is -3.76. The largest absolute Gasteiger partial charge is 0.345 e. The summed E-state index contributed by atoms with van der Waals surface area (Å²) in [4.78, 5) is 22.2. The molecule has 0 N–H and O–H groups in total. The van der Waals surface area contributed by atoms with Gasteiger partial charge in [-0.05, 0) is 55.3 Å². The van der Waals surface area contributed by atoms with Crippen LogP contribution < -0.4 is 4.90 Å². The van der Waals surface area contributed by atoms with Gasteiger partial charge in [-0.2, -0.15) is 4.31 Å². The number of carbonyl (C=O) groups excluding carboxylic acids is 1. The third-order valence-corrected chi connectivity index (χ3v) is 9.86. The summed E-state index contributed by atoms with van der Waals surface area (Å²) in [5, 5.41) is 1.42. The second-order valence-electron chi connectivity index (χ2n) is 8.15. The molecule has 1 atom stereocenters. The van der Waals surface area contributed by atoms with E-state index in [2.05, 4.69) is 26.9 Å². The first kappa shape index (κ1) is 23.0. The molecule has 174 valence electrons. The Hall–Kier alpha value is -1.72. The summed E-state index contributed by atoms with van der Waals surface area (Å²) in [6.07, 6.45) is 1.21. The minimum absolute atomic E-state index is 0.113. The predicted octanol–water partition coefficient (Wildman–Crippen LogP) is 4.21. The Morgan fingerprint density at radius 2 is 1.79 bits per heavy atom. The molecule has 1 aromatic heterocycles. The Morgan fingerprint density at radius 3 is 2.52 bits per heavy atom. The molecule has 0 spiro atoms.